The molecule has 7 heteroatoms. The van der Waals surface area contributed by atoms with Crippen LogP contribution in [0.2, 0.25) is 0 Å². The van der Waals surface area contributed by atoms with Gasteiger partial charge in [-0.15, -0.1) is 11.3 Å². The van der Waals surface area contributed by atoms with Crippen LogP contribution in [0.4, 0.5) is 4.79 Å². The number of hydrogen-bond donors (Lipinski definition) is 1. The Morgan fingerprint density at radius 1 is 1.45 bits per heavy atom. The van der Waals surface area contributed by atoms with Crippen LogP contribution in [0.1, 0.15) is 27.9 Å². The van der Waals surface area contributed by atoms with Crippen LogP contribution in [0.5, 0.6) is 0 Å². The van der Waals surface area contributed by atoms with Crippen LogP contribution in [0.15, 0.2) is 16.1 Å². The number of aromatic nitrogens is 1. The molecule has 0 bridgehead atoms. The van der Waals surface area contributed by atoms with E-state index in [2.05, 4.69) is 28.0 Å². The minimum atomic E-state index is -0.110. The van der Waals surface area contributed by atoms with Gasteiger partial charge in [-0.1, -0.05) is 0 Å². The number of aryl methyl sites for hydroxylation is 2. The van der Waals surface area contributed by atoms with Crippen LogP contribution in [-0.4, -0.2) is 35.6 Å². The van der Waals surface area contributed by atoms with Crippen molar-refractivity contribution in [3.8, 4) is 0 Å². The molecule has 1 aliphatic heterocycles. The molecule has 22 heavy (non-hydrogen) atoms. The maximum absolute atomic E-state index is 12.3. The number of thiazole rings is 1. The molecule has 2 aromatic rings. The van der Waals surface area contributed by atoms with Gasteiger partial charge in [0.15, 0.2) is 0 Å². The van der Waals surface area contributed by atoms with E-state index in [1.54, 1.807) is 22.7 Å². The van der Waals surface area contributed by atoms with Crippen molar-refractivity contribution in [3.63, 3.8) is 0 Å². The number of ether oxygens (including phenoxy) is 1. The second-order valence-electron chi connectivity index (χ2n) is 5.37. The van der Waals surface area contributed by atoms with Crippen molar-refractivity contribution in [2.75, 3.05) is 19.7 Å². The minimum absolute atomic E-state index is 0.0350. The van der Waals surface area contributed by atoms with E-state index in [0.717, 1.165) is 10.7 Å². The number of carbonyl (C=O) groups excluding carboxylic acids is 1. The second-order valence-corrected chi connectivity index (χ2v) is 7.00. The van der Waals surface area contributed by atoms with Crippen LogP contribution in [-0.2, 0) is 11.3 Å². The smallest absolute Gasteiger partial charge is 0.317 e. The number of hydrogen-bond acceptors (Lipinski definition) is 5. The topological polar surface area (TPSA) is 54.5 Å². The van der Waals surface area contributed by atoms with Gasteiger partial charge in [0.2, 0.25) is 0 Å². The zero-order valence-corrected chi connectivity index (χ0v) is 14.3. The highest BCUT2D eigenvalue weighted by atomic mass is 32.1. The molecule has 0 unspecified atom stereocenters. The predicted molar refractivity (Wildman–Crippen MR) is 88.4 cm³/mol. The van der Waals surface area contributed by atoms with Crippen LogP contribution < -0.4 is 5.32 Å². The highest BCUT2D eigenvalue weighted by Crippen LogP contribution is 2.25. The summed E-state index contributed by atoms with van der Waals surface area (Å²) in [6, 6.07) is -0.0350. The Labute approximate surface area is 137 Å². The van der Waals surface area contributed by atoms with Gasteiger partial charge in [0.05, 0.1) is 13.2 Å². The largest absolute Gasteiger partial charge is 0.367 e. The highest BCUT2D eigenvalue weighted by molar-refractivity contribution is 7.09. The number of carbonyl (C=O) groups is 1. The number of morpholine rings is 1. The van der Waals surface area contributed by atoms with Gasteiger partial charge in [-0.05, 0) is 35.7 Å². The van der Waals surface area contributed by atoms with Gasteiger partial charge in [0.1, 0.15) is 11.1 Å². The molecule has 1 N–H and O–H groups in total. The summed E-state index contributed by atoms with van der Waals surface area (Å²) in [5.74, 6) is 0. The molecular weight excluding hydrogens is 318 g/mol. The Kier molecular flexibility index (Phi) is 4.75. The SMILES string of the molecule is Cc1csc([C@H]2CN(C(=O)NCc3cscc3C)CCO2)n1. The molecule has 0 radical (unpaired) electrons. The zero-order valence-electron chi connectivity index (χ0n) is 12.7. The maximum Gasteiger partial charge on any atom is 0.317 e. The molecular formula is C15H19N3O2S2. The molecule has 0 aromatic carbocycles. The van der Waals surface area contributed by atoms with Crippen molar-refractivity contribution in [3.05, 3.63) is 38.0 Å². The average Bonchev–Trinajstić information content (AvgIpc) is 3.13. The summed E-state index contributed by atoms with van der Waals surface area (Å²) in [6.07, 6.45) is -0.110. The summed E-state index contributed by atoms with van der Waals surface area (Å²) < 4.78 is 5.76. The lowest BCUT2D eigenvalue weighted by Gasteiger charge is -2.32. The Hall–Kier alpha value is -1.44. The van der Waals surface area contributed by atoms with Crippen molar-refractivity contribution < 1.29 is 9.53 Å². The van der Waals surface area contributed by atoms with Crippen molar-refractivity contribution in [1.82, 2.24) is 15.2 Å². The molecule has 2 amide bonds. The van der Waals surface area contributed by atoms with E-state index in [1.807, 2.05) is 17.2 Å². The van der Waals surface area contributed by atoms with E-state index >= 15 is 0 Å². The molecule has 5 nitrogen and oxygen atoms in total. The minimum Gasteiger partial charge on any atom is -0.367 e. The van der Waals surface area contributed by atoms with Crippen LogP contribution in [0.3, 0.4) is 0 Å². The number of thiophene rings is 1. The first-order chi connectivity index (χ1) is 10.6. The Balaban J connectivity index is 1.57. The lowest BCUT2D eigenvalue weighted by Crippen LogP contribution is -2.46. The lowest BCUT2D eigenvalue weighted by atomic mass is 10.2. The summed E-state index contributed by atoms with van der Waals surface area (Å²) in [5.41, 5.74) is 3.40. The normalized spacial score (nSPS) is 18.5. The Bertz CT molecular complexity index is 653. The average molecular weight is 337 g/mol. The molecule has 118 valence electrons. The molecule has 3 heterocycles. The fourth-order valence-electron chi connectivity index (χ4n) is 2.35. The number of nitrogens with one attached hydrogen (secondary N) is 1. The molecule has 1 aliphatic rings. The summed E-state index contributed by atoms with van der Waals surface area (Å²) in [7, 11) is 0. The monoisotopic (exact) mass is 337 g/mol. The summed E-state index contributed by atoms with van der Waals surface area (Å²) in [5, 5.41) is 10.1. The summed E-state index contributed by atoms with van der Waals surface area (Å²) >= 11 is 3.25. The lowest BCUT2D eigenvalue weighted by molar-refractivity contribution is -0.0156. The van der Waals surface area contributed by atoms with E-state index in [0.29, 0.717) is 26.2 Å². The number of urea groups is 1. The summed E-state index contributed by atoms with van der Waals surface area (Å²) in [6.45, 7) is 6.33. The van der Waals surface area contributed by atoms with Gasteiger partial charge in [-0.3, -0.25) is 0 Å². The first-order valence-electron chi connectivity index (χ1n) is 7.21. The molecule has 0 saturated carbocycles. The highest BCUT2D eigenvalue weighted by Gasteiger charge is 2.27. The van der Waals surface area contributed by atoms with Gasteiger partial charge >= 0.3 is 6.03 Å². The molecule has 0 aliphatic carbocycles. The van der Waals surface area contributed by atoms with Crippen LogP contribution >= 0.6 is 22.7 Å². The number of amides is 2. The molecule has 3 rings (SSSR count). The van der Waals surface area contributed by atoms with Gasteiger partial charge in [-0.25, -0.2) is 9.78 Å². The van der Waals surface area contributed by atoms with Gasteiger partial charge < -0.3 is 15.0 Å². The third kappa shape index (κ3) is 3.48. The standard InChI is InChI=1S/C15H19N3O2S2/c1-10-7-21-9-12(10)5-16-15(19)18-3-4-20-13(6-18)14-17-11(2)8-22-14/h7-9,13H,3-6H2,1-2H3,(H,16,19)/t13-/m1/s1. The third-order valence-electron chi connectivity index (χ3n) is 3.66. The van der Waals surface area contributed by atoms with Gasteiger partial charge in [-0.2, -0.15) is 11.3 Å². The van der Waals surface area contributed by atoms with Crippen molar-refractivity contribution in [1.29, 1.82) is 0 Å². The fourth-order valence-corrected chi connectivity index (χ4v) is 4.05. The quantitative estimate of drug-likeness (QED) is 0.936. The Morgan fingerprint density at radius 2 is 2.32 bits per heavy atom. The predicted octanol–water partition coefficient (Wildman–Crippen LogP) is 3.10. The van der Waals surface area contributed by atoms with Gasteiger partial charge in [0, 0.05) is 24.2 Å². The van der Waals surface area contributed by atoms with Crippen molar-refractivity contribution in [2.45, 2.75) is 26.5 Å². The van der Waals surface area contributed by atoms with Crippen LogP contribution in [0, 0.1) is 13.8 Å². The van der Waals surface area contributed by atoms with Crippen molar-refractivity contribution in [2.24, 2.45) is 0 Å². The summed E-state index contributed by atoms with van der Waals surface area (Å²) in [4.78, 5) is 18.6. The number of nitrogens with zero attached hydrogens (tertiary/aromatic N) is 2. The second kappa shape index (κ2) is 6.76. The van der Waals surface area contributed by atoms with E-state index in [-0.39, 0.29) is 12.1 Å². The third-order valence-corrected chi connectivity index (χ3v) is 5.62. The fraction of sp³-hybridized carbons (Fsp3) is 0.467. The number of rotatable bonds is 3. The molecule has 1 saturated heterocycles. The molecule has 1 fully saturated rings. The Morgan fingerprint density at radius 3 is 3.00 bits per heavy atom. The van der Waals surface area contributed by atoms with E-state index in [1.165, 1.54) is 11.1 Å². The zero-order chi connectivity index (χ0) is 15.5. The van der Waals surface area contributed by atoms with Crippen LogP contribution in [0.25, 0.3) is 0 Å². The van der Waals surface area contributed by atoms with E-state index in [9.17, 15) is 4.79 Å². The molecule has 2 aromatic heterocycles. The van der Waals surface area contributed by atoms with E-state index < -0.39 is 0 Å². The van der Waals surface area contributed by atoms with E-state index in [4.69, 9.17) is 4.74 Å². The maximum atomic E-state index is 12.3. The first kappa shape index (κ1) is 15.5. The van der Waals surface area contributed by atoms with Gasteiger partial charge in [0.25, 0.3) is 0 Å². The molecule has 1 atom stereocenters. The van der Waals surface area contributed by atoms with Crippen molar-refractivity contribution >= 4 is 28.7 Å². The molecule has 0 spiro atoms. The first-order valence-corrected chi connectivity index (χ1v) is 9.04.